The molecule has 78 valence electrons. The molecule has 0 atom stereocenters. The maximum absolute atomic E-state index is 10.3. The third-order valence-corrected chi connectivity index (χ3v) is 4.23. The zero-order valence-corrected chi connectivity index (χ0v) is 9.03. The summed E-state index contributed by atoms with van der Waals surface area (Å²) in [6, 6.07) is 0. The molecule has 0 heterocycles. The van der Waals surface area contributed by atoms with E-state index < -0.39 is 9.15 Å². The highest BCUT2D eigenvalue weighted by Gasteiger charge is 2.16. The molecule has 1 aliphatic rings. The van der Waals surface area contributed by atoms with Crippen LogP contribution in [0.3, 0.4) is 0 Å². The highest BCUT2D eigenvalue weighted by Crippen LogP contribution is 2.25. The molecule has 1 aliphatic carbocycles. The van der Waals surface area contributed by atoms with Gasteiger partial charge in [-0.2, -0.15) is 8.42 Å². The SMILES string of the molecule is O=S(=O)(O)SCCNCC1CCC1. The summed E-state index contributed by atoms with van der Waals surface area (Å²) >= 11 is 0. The van der Waals surface area contributed by atoms with E-state index >= 15 is 0 Å². The summed E-state index contributed by atoms with van der Waals surface area (Å²) in [6.45, 7) is 1.62. The first-order valence-electron chi connectivity index (χ1n) is 4.40. The fraction of sp³-hybridized carbons (Fsp3) is 1.00. The standard InChI is InChI=1S/C7H15NO3S2/c9-13(10,11)12-5-4-8-6-7-2-1-3-7/h7-8H,1-6H2,(H,9,10,11). The highest BCUT2D eigenvalue weighted by atomic mass is 33.1. The van der Waals surface area contributed by atoms with Crippen molar-refractivity contribution in [3.8, 4) is 0 Å². The lowest BCUT2D eigenvalue weighted by Crippen LogP contribution is -2.28. The molecule has 13 heavy (non-hydrogen) atoms. The molecule has 0 aromatic rings. The Bertz CT molecular complexity index is 236. The van der Waals surface area contributed by atoms with Gasteiger partial charge < -0.3 is 5.32 Å². The first-order chi connectivity index (χ1) is 6.08. The average Bonchev–Trinajstić information content (AvgIpc) is 1.90. The van der Waals surface area contributed by atoms with Gasteiger partial charge in [-0.15, -0.1) is 0 Å². The third kappa shape index (κ3) is 5.51. The Morgan fingerprint density at radius 2 is 2.15 bits per heavy atom. The molecule has 1 saturated carbocycles. The van der Waals surface area contributed by atoms with E-state index in [2.05, 4.69) is 5.32 Å². The maximum atomic E-state index is 10.3. The minimum Gasteiger partial charge on any atom is -0.316 e. The smallest absolute Gasteiger partial charge is 0.316 e. The Kier molecular flexibility index (Phi) is 4.51. The molecule has 0 radical (unpaired) electrons. The van der Waals surface area contributed by atoms with Crippen LogP contribution >= 0.6 is 10.8 Å². The van der Waals surface area contributed by atoms with Crippen LogP contribution < -0.4 is 5.32 Å². The second kappa shape index (κ2) is 5.19. The fourth-order valence-electron chi connectivity index (χ4n) is 1.22. The van der Waals surface area contributed by atoms with Crippen LogP contribution in [-0.4, -0.2) is 31.8 Å². The minimum absolute atomic E-state index is 0.408. The van der Waals surface area contributed by atoms with E-state index in [0.717, 1.165) is 12.5 Å². The van der Waals surface area contributed by atoms with Crippen LogP contribution in [0, 0.1) is 5.92 Å². The molecule has 0 saturated heterocycles. The molecule has 6 heteroatoms. The first-order valence-corrected chi connectivity index (χ1v) is 7.35. The summed E-state index contributed by atoms with van der Waals surface area (Å²) < 4.78 is 29.0. The van der Waals surface area contributed by atoms with Crippen molar-refractivity contribution in [3.05, 3.63) is 0 Å². The molecular formula is C7H15NO3S2. The van der Waals surface area contributed by atoms with E-state index in [0.29, 0.717) is 23.1 Å². The molecule has 1 fully saturated rings. The molecule has 0 spiro atoms. The van der Waals surface area contributed by atoms with Crippen LogP contribution in [0.4, 0.5) is 0 Å². The van der Waals surface area contributed by atoms with Crippen LogP contribution in [0.5, 0.6) is 0 Å². The predicted molar refractivity (Wildman–Crippen MR) is 54.2 cm³/mol. The van der Waals surface area contributed by atoms with Gasteiger partial charge in [-0.3, -0.25) is 4.55 Å². The zero-order valence-electron chi connectivity index (χ0n) is 7.40. The Balaban J connectivity index is 1.89. The summed E-state index contributed by atoms with van der Waals surface area (Å²) in [4.78, 5) is 0. The van der Waals surface area contributed by atoms with E-state index in [9.17, 15) is 8.42 Å². The Morgan fingerprint density at radius 3 is 2.62 bits per heavy atom. The monoisotopic (exact) mass is 225 g/mol. The van der Waals surface area contributed by atoms with E-state index in [1.165, 1.54) is 19.3 Å². The Labute approximate surface area is 82.6 Å². The molecule has 0 aliphatic heterocycles. The van der Waals surface area contributed by atoms with Gasteiger partial charge >= 0.3 is 9.15 Å². The van der Waals surface area contributed by atoms with Crippen molar-refractivity contribution in [3.63, 3.8) is 0 Å². The lowest BCUT2D eigenvalue weighted by molar-refractivity contribution is 0.304. The molecule has 0 aromatic heterocycles. The van der Waals surface area contributed by atoms with Gasteiger partial charge in [0, 0.05) is 12.3 Å². The summed E-state index contributed by atoms with van der Waals surface area (Å²) in [6.07, 6.45) is 3.91. The van der Waals surface area contributed by atoms with Crippen molar-refractivity contribution in [1.82, 2.24) is 5.32 Å². The number of hydrogen-bond donors (Lipinski definition) is 2. The van der Waals surface area contributed by atoms with Gasteiger partial charge in [-0.1, -0.05) is 6.42 Å². The van der Waals surface area contributed by atoms with E-state index in [1.54, 1.807) is 0 Å². The lowest BCUT2D eigenvalue weighted by Gasteiger charge is -2.25. The van der Waals surface area contributed by atoms with Crippen LogP contribution in [-0.2, 0) is 9.15 Å². The fourth-order valence-corrected chi connectivity index (χ4v) is 2.54. The molecular weight excluding hydrogens is 210 g/mol. The van der Waals surface area contributed by atoms with Crippen molar-refractivity contribution >= 4 is 19.9 Å². The van der Waals surface area contributed by atoms with E-state index in [1.807, 2.05) is 0 Å². The van der Waals surface area contributed by atoms with E-state index in [4.69, 9.17) is 4.55 Å². The van der Waals surface area contributed by atoms with Gasteiger partial charge in [0.25, 0.3) is 0 Å². The van der Waals surface area contributed by atoms with Gasteiger partial charge in [0.15, 0.2) is 0 Å². The highest BCUT2D eigenvalue weighted by molar-refractivity contribution is 8.69. The van der Waals surface area contributed by atoms with Crippen molar-refractivity contribution in [2.24, 2.45) is 5.92 Å². The number of rotatable bonds is 6. The van der Waals surface area contributed by atoms with Gasteiger partial charge in [0.1, 0.15) is 0 Å². The van der Waals surface area contributed by atoms with Crippen LogP contribution in [0.15, 0.2) is 0 Å². The molecule has 4 nitrogen and oxygen atoms in total. The summed E-state index contributed by atoms with van der Waals surface area (Å²) in [7, 11) is -3.26. The second-order valence-electron chi connectivity index (χ2n) is 3.25. The van der Waals surface area contributed by atoms with Gasteiger partial charge in [0.05, 0.1) is 0 Å². The number of hydrogen-bond acceptors (Lipinski definition) is 4. The van der Waals surface area contributed by atoms with Gasteiger partial charge in [-0.25, -0.2) is 0 Å². The summed E-state index contributed by atoms with van der Waals surface area (Å²) in [5.41, 5.74) is 0. The minimum atomic E-state index is -3.84. The predicted octanol–water partition coefficient (Wildman–Crippen LogP) is 0.912. The first kappa shape index (κ1) is 11.3. The van der Waals surface area contributed by atoms with Crippen molar-refractivity contribution in [2.75, 3.05) is 18.8 Å². The van der Waals surface area contributed by atoms with E-state index in [-0.39, 0.29) is 0 Å². The van der Waals surface area contributed by atoms with Crippen LogP contribution in [0.2, 0.25) is 0 Å². The molecule has 0 amide bonds. The van der Waals surface area contributed by atoms with Crippen molar-refractivity contribution < 1.29 is 13.0 Å². The molecule has 2 N–H and O–H groups in total. The second-order valence-corrected chi connectivity index (χ2v) is 6.72. The quantitative estimate of drug-likeness (QED) is 0.399. The molecule has 0 aromatic carbocycles. The van der Waals surface area contributed by atoms with Crippen LogP contribution in [0.1, 0.15) is 19.3 Å². The largest absolute Gasteiger partial charge is 0.319 e. The molecule has 0 bridgehead atoms. The summed E-state index contributed by atoms with van der Waals surface area (Å²) in [5.74, 6) is 1.20. The van der Waals surface area contributed by atoms with Crippen molar-refractivity contribution in [2.45, 2.75) is 19.3 Å². The third-order valence-electron chi connectivity index (χ3n) is 2.17. The van der Waals surface area contributed by atoms with Crippen molar-refractivity contribution in [1.29, 1.82) is 0 Å². The lowest BCUT2D eigenvalue weighted by atomic mass is 9.85. The molecule has 1 rings (SSSR count). The zero-order chi connectivity index (χ0) is 9.73. The maximum Gasteiger partial charge on any atom is 0.319 e. The van der Waals surface area contributed by atoms with Gasteiger partial charge in [-0.05, 0) is 36.1 Å². The topological polar surface area (TPSA) is 66.4 Å². The molecule has 0 unspecified atom stereocenters. The Morgan fingerprint density at radius 1 is 1.46 bits per heavy atom. The number of nitrogens with one attached hydrogen (secondary N) is 1. The Hall–Kier alpha value is 0.220. The summed E-state index contributed by atoms with van der Waals surface area (Å²) in [5, 5.41) is 3.16. The normalized spacial score (nSPS) is 18.5. The van der Waals surface area contributed by atoms with Crippen LogP contribution in [0.25, 0.3) is 0 Å². The van der Waals surface area contributed by atoms with Gasteiger partial charge in [0.2, 0.25) is 0 Å². The average molecular weight is 225 g/mol.